The molecule has 1 amide bonds. The highest BCUT2D eigenvalue weighted by molar-refractivity contribution is 6.30. The SMILES string of the molecule is CC(C)[C@H](N)C(=O)N1CCN(c2nnc(-c3ccc(Cl)cc3)c3ccccc23)CC1.Cl. The predicted molar refractivity (Wildman–Crippen MR) is 129 cm³/mol. The fourth-order valence-electron chi connectivity index (χ4n) is 3.78. The lowest BCUT2D eigenvalue weighted by Crippen LogP contribution is -2.54. The van der Waals surface area contributed by atoms with Gasteiger partial charge in [-0.15, -0.1) is 22.6 Å². The van der Waals surface area contributed by atoms with Crippen LogP contribution < -0.4 is 10.6 Å². The van der Waals surface area contributed by atoms with E-state index < -0.39 is 6.04 Å². The van der Waals surface area contributed by atoms with E-state index in [1.54, 1.807) is 0 Å². The quantitative estimate of drug-likeness (QED) is 0.637. The topological polar surface area (TPSA) is 75.4 Å². The summed E-state index contributed by atoms with van der Waals surface area (Å²) in [7, 11) is 0. The van der Waals surface area contributed by atoms with Crippen LogP contribution in [0.25, 0.3) is 22.0 Å². The summed E-state index contributed by atoms with van der Waals surface area (Å²) in [6, 6.07) is 15.4. The van der Waals surface area contributed by atoms with E-state index >= 15 is 0 Å². The van der Waals surface area contributed by atoms with Crippen molar-refractivity contribution >= 4 is 46.5 Å². The van der Waals surface area contributed by atoms with Crippen molar-refractivity contribution in [3.8, 4) is 11.3 Å². The second-order valence-corrected chi connectivity index (χ2v) is 8.44. The summed E-state index contributed by atoms with van der Waals surface area (Å²) >= 11 is 6.04. The number of benzene rings is 2. The van der Waals surface area contributed by atoms with Crippen molar-refractivity contribution in [2.45, 2.75) is 19.9 Å². The van der Waals surface area contributed by atoms with Crippen molar-refractivity contribution < 1.29 is 4.79 Å². The Labute approximate surface area is 193 Å². The average molecular weight is 460 g/mol. The van der Waals surface area contributed by atoms with Gasteiger partial charge in [0.2, 0.25) is 5.91 Å². The van der Waals surface area contributed by atoms with Crippen LogP contribution in [-0.4, -0.2) is 53.2 Å². The van der Waals surface area contributed by atoms with E-state index in [2.05, 4.69) is 27.2 Å². The molecule has 2 N–H and O–H groups in total. The van der Waals surface area contributed by atoms with Crippen molar-refractivity contribution in [2.75, 3.05) is 31.1 Å². The van der Waals surface area contributed by atoms with Gasteiger partial charge < -0.3 is 15.5 Å². The van der Waals surface area contributed by atoms with E-state index in [1.165, 1.54) is 0 Å². The zero-order chi connectivity index (χ0) is 21.3. The lowest BCUT2D eigenvalue weighted by atomic mass is 10.0. The van der Waals surface area contributed by atoms with Crippen LogP contribution in [0.15, 0.2) is 48.5 Å². The number of anilines is 1. The van der Waals surface area contributed by atoms with Crippen molar-refractivity contribution in [1.82, 2.24) is 15.1 Å². The Morgan fingerprint density at radius 3 is 2.19 bits per heavy atom. The van der Waals surface area contributed by atoms with Gasteiger partial charge in [0.15, 0.2) is 5.82 Å². The molecule has 0 saturated carbocycles. The first-order chi connectivity index (χ1) is 14.5. The summed E-state index contributed by atoms with van der Waals surface area (Å²) < 4.78 is 0. The number of rotatable bonds is 4. The third-order valence-corrected chi connectivity index (χ3v) is 5.93. The van der Waals surface area contributed by atoms with E-state index in [9.17, 15) is 4.79 Å². The molecule has 4 rings (SSSR count). The Hall–Kier alpha value is -2.41. The summed E-state index contributed by atoms with van der Waals surface area (Å²) in [5.41, 5.74) is 7.87. The molecule has 6 nitrogen and oxygen atoms in total. The number of piperazine rings is 1. The fraction of sp³-hybridized carbons (Fsp3) is 0.348. The van der Waals surface area contributed by atoms with Crippen molar-refractivity contribution in [3.63, 3.8) is 0 Å². The van der Waals surface area contributed by atoms with Gasteiger partial charge in [0.05, 0.1) is 6.04 Å². The van der Waals surface area contributed by atoms with Crippen LogP contribution in [0.4, 0.5) is 5.82 Å². The molecule has 1 saturated heterocycles. The molecule has 3 aromatic rings. The number of carbonyl (C=O) groups excluding carboxylic acids is 1. The average Bonchev–Trinajstić information content (AvgIpc) is 2.78. The third kappa shape index (κ3) is 4.76. The standard InChI is InChI=1S/C23H26ClN5O.ClH/c1-15(2)20(25)23(30)29-13-11-28(12-14-29)22-19-6-4-3-5-18(19)21(26-27-22)16-7-9-17(24)10-8-16;/h3-10,15,20H,11-14,25H2,1-2H3;1H/t20-;/m0./s1. The van der Waals surface area contributed by atoms with Crippen LogP contribution in [0.5, 0.6) is 0 Å². The molecule has 1 aromatic heterocycles. The molecule has 31 heavy (non-hydrogen) atoms. The van der Waals surface area contributed by atoms with Crippen LogP contribution in [0.3, 0.4) is 0 Å². The Bertz CT molecular complexity index is 1050. The van der Waals surface area contributed by atoms with Gasteiger partial charge in [-0.25, -0.2) is 0 Å². The van der Waals surface area contributed by atoms with Gasteiger partial charge in [-0.3, -0.25) is 4.79 Å². The maximum atomic E-state index is 12.6. The Morgan fingerprint density at radius 2 is 1.58 bits per heavy atom. The van der Waals surface area contributed by atoms with Gasteiger partial charge in [-0.05, 0) is 18.1 Å². The van der Waals surface area contributed by atoms with Gasteiger partial charge in [0.25, 0.3) is 0 Å². The molecular formula is C23H27Cl2N5O. The number of nitrogens with two attached hydrogens (primary N) is 1. The Kier molecular flexibility index (Phi) is 7.36. The highest BCUT2D eigenvalue weighted by Crippen LogP contribution is 2.32. The molecule has 0 spiro atoms. The summed E-state index contributed by atoms with van der Waals surface area (Å²) in [6.07, 6.45) is 0. The van der Waals surface area contributed by atoms with E-state index in [1.807, 2.05) is 55.1 Å². The summed E-state index contributed by atoms with van der Waals surface area (Å²) in [6.45, 7) is 6.62. The molecule has 2 aromatic carbocycles. The van der Waals surface area contributed by atoms with Crippen LogP contribution in [0, 0.1) is 5.92 Å². The number of nitrogens with zero attached hydrogens (tertiary/aromatic N) is 4. The van der Waals surface area contributed by atoms with E-state index in [4.69, 9.17) is 17.3 Å². The third-order valence-electron chi connectivity index (χ3n) is 5.68. The second-order valence-electron chi connectivity index (χ2n) is 8.01. The number of hydrogen-bond acceptors (Lipinski definition) is 5. The fourth-order valence-corrected chi connectivity index (χ4v) is 3.90. The molecule has 8 heteroatoms. The first kappa shape index (κ1) is 23.3. The first-order valence-electron chi connectivity index (χ1n) is 10.3. The molecule has 0 bridgehead atoms. The first-order valence-corrected chi connectivity index (χ1v) is 10.6. The van der Waals surface area contributed by atoms with Gasteiger partial charge in [-0.2, -0.15) is 0 Å². The van der Waals surface area contributed by atoms with Gasteiger partial charge in [0.1, 0.15) is 5.69 Å². The highest BCUT2D eigenvalue weighted by atomic mass is 35.5. The minimum atomic E-state index is -0.448. The molecule has 0 aliphatic carbocycles. The van der Waals surface area contributed by atoms with Gasteiger partial charge >= 0.3 is 0 Å². The maximum absolute atomic E-state index is 12.6. The number of amides is 1. The minimum absolute atomic E-state index is 0. The van der Waals surface area contributed by atoms with E-state index in [0.29, 0.717) is 31.2 Å². The van der Waals surface area contributed by atoms with Crippen LogP contribution >= 0.6 is 24.0 Å². The monoisotopic (exact) mass is 459 g/mol. The van der Waals surface area contributed by atoms with Gasteiger partial charge in [-0.1, -0.05) is 61.8 Å². The van der Waals surface area contributed by atoms with Gasteiger partial charge in [0, 0.05) is 47.5 Å². The lowest BCUT2D eigenvalue weighted by Gasteiger charge is -2.37. The molecule has 164 valence electrons. The zero-order valence-corrected chi connectivity index (χ0v) is 19.2. The number of fused-ring (bicyclic) bond motifs is 1. The molecule has 1 fully saturated rings. The molecule has 1 aliphatic rings. The predicted octanol–water partition coefficient (Wildman–Crippen LogP) is 4.00. The molecule has 0 unspecified atom stereocenters. The normalized spacial score (nSPS) is 15.1. The van der Waals surface area contributed by atoms with Crippen molar-refractivity contribution in [2.24, 2.45) is 11.7 Å². The summed E-state index contributed by atoms with van der Waals surface area (Å²) in [5.74, 6) is 1.01. The smallest absolute Gasteiger partial charge is 0.239 e. The van der Waals surface area contributed by atoms with Crippen LogP contribution in [0.1, 0.15) is 13.8 Å². The van der Waals surface area contributed by atoms with Crippen LogP contribution in [-0.2, 0) is 4.79 Å². The zero-order valence-electron chi connectivity index (χ0n) is 17.7. The Morgan fingerprint density at radius 1 is 0.968 bits per heavy atom. The van der Waals surface area contributed by atoms with Crippen molar-refractivity contribution in [3.05, 3.63) is 53.6 Å². The molecule has 2 heterocycles. The minimum Gasteiger partial charge on any atom is -0.351 e. The summed E-state index contributed by atoms with van der Waals surface area (Å²) in [4.78, 5) is 16.6. The molecule has 1 atom stereocenters. The molecule has 0 radical (unpaired) electrons. The second kappa shape index (κ2) is 9.81. The molecule has 1 aliphatic heterocycles. The van der Waals surface area contributed by atoms with E-state index in [0.717, 1.165) is 27.8 Å². The highest BCUT2D eigenvalue weighted by Gasteiger charge is 2.28. The van der Waals surface area contributed by atoms with Crippen molar-refractivity contribution in [1.29, 1.82) is 0 Å². The summed E-state index contributed by atoms with van der Waals surface area (Å²) in [5, 5.41) is 11.9. The number of halogens is 2. The maximum Gasteiger partial charge on any atom is 0.239 e. The number of hydrogen-bond donors (Lipinski definition) is 1. The van der Waals surface area contributed by atoms with Crippen LogP contribution in [0.2, 0.25) is 5.02 Å². The largest absolute Gasteiger partial charge is 0.351 e. The Balaban J connectivity index is 0.00000272. The number of carbonyl (C=O) groups is 1. The van der Waals surface area contributed by atoms with E-state index in [-0.39, 0.29) is 24.2 Å². The molecular weight excluding hydrogens is 433 g/mol. The number of aromatic nitrogens is 2. The lowest BCUT2D eigenvalue weighted by molar-refractivity contribution is -0.133.